The molecule has 0 bridgehead atoms. The van der Waals surface area contributed by atoms with Crippen molar-refractivity contribution < 1.29 is 9.59 Å². The predicted molar refractivity (Wildman–Crippen MR) is 86.3 cm³/mol. The number of aromatic amines is 1. The van der Waals surface area contributed by atoms with Gasteiger partial charge in [-0.15, -0.1) is 11.3 Å². The fourth-order valence-electron chi connectivity index (χ4n) is 1.91. The summed E-state index contributed by atoms with van der Waals surface area (Å²) in [5.74, 6) is 0.613. The van der Waals surface area contributed by atoms with Gasteiger partial charge in [0, 0.05) is 18.3 Å². The van der Waals surface area contributed by atoms with Crippen LogP contribution in [0, 0.1) is 5.92 Å². The van der Waals surface area contributed by atoms with Crippen molar-refractivity contribution in [1.29, 1.82) is 0 Å². The molecule has 2 N–H and O–H groups in total. The third-order valence-electron chi connectivity index (χ3n) is 3.25. The molecule has 22 heavy (non-hydrogen) atoms. The van der Waals surface area contributed by atoms with Gasteiger partial charge < -0.3 is 10.3 Å². The van der Waals surface area contributed by atoms with Gasteiger partial charge in [0.25, 0.3) is 0 Å². The zero-order valence-corrected chi connectivity index (χ0v) is 12.6. The van der Waals surface area contributed by atoms with Crippen LogP contribution in [0.2, 0.25) is 0 Å². The molecule has 0 saturated heterocycles. The fraction of sp³-hybridized carbons (Fsp3) is 0.188. The minimum Gasteiger partial charge on any atom is -0.357 e. The van der Waals surface area contributed by atoms with Crippen molar-refractivity contribution in [3.63, 3.8) is 0 Å². The van der Waals surface area contributed by atoms with Crippen molar-refractivity contribution in [3.8, 4) is 10.6 Å². The van der Waals surface area contributed by atoms with Crippen molar-refractivity contribution in [1.82, 2.24) is 9.97 Å². The fourth-order valence-corrected chi connectivity index (χ4v) is 2.72. The van der Waals surface area contributed by atoms with E-state index in [1.807, 2.05) is 18.2 Å². The van der Waals surface area contributed by atoms with Crippen molar-refractivity contribution in [2.45, 2.75) is 12.8 Å². The molecule has 1 aliphatic rings. The standard InChI is InChI=1S/C16H15N3O2S/c20-10-12-6-7-14(22-12)13-3-1-2-8-17-15(9-18-13)19-16(21)11-4-5-11/h1-3,6-11,18H,4-5H2,(H,19,21). The van der Waals surface area contributed by atoms with E-state index < -0.39 is 0 Å². The number of thiophene rings is 1. The lowest BCUT2D eigenvalue weighted by Crippen LogP contribution is -2.13. The lowest BCUT2D eigenvalue weighted by atomic mass is 10.3. The van der Waals surface area contributed by atoms with E-state index in [0.717, 1.165) is 29.7 Å². The van der Waals surface area contributed by atoms with Crippen LogP contribution in [-0.2, 0) is 4.79 Å². The number of anilines is 1. The van der Waals surface area contributed by atoms with E-state index in [2.05, 4.69) is 15.3 Å². The number of H-pyrrole nitrogens is 1. The zero-order valence-electron chi connectivity index (χ0n) is 11.8. The van der Waals surface area contributed by atoms with Crippen LogP contribution in [0.1, 0.15) is 22.5 Å². The first-order valence-corrected chi connectivity index (χ1v) is 7.82. The van der Waals surface area contributed by atoms with Gasteiger partial charge in [0.1, 0.15) is 5.82 Å². The van der Waals surface area contributed by atoms with Crippen LogP contribution in [0.4, 0.5) is 5.82 Å². The number of nitrogens with one attached hydrogen (secondary N) is 2. The second-order valence-electron chi connectivity index (χ2n) is 5.00. The van der Waals surface area contributed by atoms with Crippen LogP contribution in [-0.4, -0.2) is 22.2 Å². The van der Waals surface area contributed by atoms with Crippen LogP contribution in [0.5, 0.6) is 0 Å². The first-order valence-electron chi connectivity index (χ1n) is 7.00. The van der Waals surface area contributed by atoms with E-state index in [1.165, 1.54) is 11.3 Å². The lowest BCUT2D eigenvalue weighted by molar-refractivity contribution is -0.117. The molecule has 0 atom stereocenters. The SMILES string of the molecule is O=Cc1ccc(-c2ccccnc(NC(=O)C3CC3)c[nH]2)s1. The van der Waals surface area contributed by atoms with Crippen LogP contribution in [0.3, 0.4) is 0 Å². The Bertz CT molecular complexity index is 745. The maximum atomic E-state index is 11.8. The van der Waals surface area contributed by atoms with Gasteiger partial charge in [0.2, 0.25) is 5.91 Å². The van der Waals surface area contributed by atoms with Crippen molar-refractivity contribution >= 4 is 29.3 Å². The van der Waals surface area contributed by atoms with Gasteiger partial charge in [-0.3, -0.25) is 9.59 Å². The Hall–Kier alpha value is -2.47. The number of carbonyl (C=O) groups excluding carboxylic acids is 2. The van der Waals surface area contributed by atoms with Gasteiger partial charge in [0.15, 0.2) is 6.29 Å². The molecule has 1 aliphatic carbocycles. The van der Waals surface area contributed by atoms with E-state index in [-0.39, 0.29) is 11.8 Å². The highest BCUT2D eigenvalue weighted by Crippen LogP contribution is 2.30. The summed E-state index contributed by atoms with van der Waals surface area (Å²) in [6.07, 6.45) is 6.03. The third-order valence-corrected chi connectivity index (χ3v) is 4.29. The zero-order chi connectivity index (χ0) is 15.4. The number of rotatable bonds is 4. The molecule has 0 aromatic carbocycles. The second kappa shape index (κ2) is 6.53. The molecule has 0 aliphatic heterocycles. The summed E-state index contributed by atoms with van der Waals surface area (Å²) in [6.45, 7) is 0. The maximum Gasteiger partial charge on any atom is 0.228 e. The largest absolute Gasteiger partial charge is 0.357 e. The van der Waals surface area contributed by atoms with Crippen LogP contribution < -0.4 is 5.32 Å². The number of aromatic nitrogens is 2. The molecular weight excluding hydrogens is 298 g/mol. The van der Waals surface area contributed by atoms with Crippen LogP contribution in [0.15, 0.2) is 42.7 Å². The van der Waals surface area contributed by atoms with E-state index in [4.69, 9.17) is 0 Å². The lowest BCUT2D eigenvalue weighted by Gasteiger charge is -2.00. The first-order chi connectivity index (χ1) is 10.8. The highest BCUT2D eigenvalue weighted by atomic mass is 32.1. The monoisotopic (exact) mass is 313 g/mol. The summed E-state index contributed by atoms with van der Waals surface area (Å²) in [6, 6.07) is 9.20. The molecule has 2 heterocycles. The summed E-state index contributed by atoms with van der Waals surface area (Å²) in [5.41, 5.74) is 0.845. The molecule has 2 aromatic heterocycles. The molecule has 1 amide bonds. The smallest absolute Gasteiger partial charge is 0.228 e. The van der Waals surface area contributed by atoms with E-state index in [0.29, 0.717) is 10.7 Å². The summed E-state index contributed by atoms with van der Waals surface area (Å²) in [5, 5.41) is 2.81. The van der Waals surface area contributed by atoms with Gasteiger partial charge in [-0.1, -0.05) is 6.07 Å². The molecular formula is C16H15N3O2S. The highest BCUT2D eigenvalue weighted by Gasteiger charge is 2.29. The van der Waals surface area contributed by atoms with Crippen molar-refractivity contribution in [3.05, 3.63) is 47.6 Å². The average Bonchev–Trinajstić information content (AvgIpc) is 3.24. The quantitative estimate of drug-likeness (QED) is 0.849. The van der Waals surface area contributed by atoms with Gasteiger partial charge in [-0.2, -0.15) is 0 Å². The Balaban J connectivity index is 1.92. The number of hydrogen-bond donors (Lipinski definition) is 2. The van der Waals surface area contributed by atoms with Gasteiger partial charge in [0.05, 0.1) is 15.4 Å². The van der Waals surface area contributed by atoms with Gasteiger partial charge in [-0.25, -0.2) is 4.98 Å². The molecule has 2 aromatic rings. The summed E-state index contributed by atoms with van der Waals surface area (Å²) in [7, 11) is 0. The number of carbonyl (C=O) groups is 2. The number of amides is 1. The van der Waals surface area contributed by atoms with E-state index in [1.54, 1.807) is 24.5 Å². The van der Waals surface area contributed by atoms with Crippen LogP contribution in [0.25, 0.3) is 10.6 Å². The molecule has 1 fully saturated rings. The molecule has 0 spiro atoms. The first kappa shape index (κ1) is 14.5. The predicted octanol–water partition coefficient (Wildman–Crippen LogP) is 3.42. The van der Waals surface area contributed by atoms with Gasteiger partial charge in [-0.05, 0) is 37.1 Å². The Morgan fingerprint density at radius 3 is 2.91 bits per heavy atom. The number of aldehydes is 1. The van der Waals surface area contributed by atoms with E-state index >= 15 is 0 Å². The third kappa shape index (κ3) is 3.59. The molecule has 1 saturated carbocycles. The molecule has 5 nitrogen and oxygen atoms in total. The Kier molecular flexibility index (Phi) is 4.29. The minimum absolute atomic E-state index is 0.0123. The Labute approximate surface area is 131 Å². The molecule has 0 unspecified atom stereocenters. The van der Waals surface area contributed by atoms with Crippen molar-refractivity contribution in [2.24, 2.45) is 5.92 Å². The topological polar surface area (TPSA) is 74.8 Å². The number of hydrogen-bond acceptors (Lipinski definition) is 4. The van der Waals surface area contributed by atoms with Gasteiger partial charge >= 0.3 is 0 Å². The van der Waals surface area contributed by atoms with E-state index in [9.17, 15) is 9.59 Å². The normalized spacial score (nSPS) is 13.3. The summed E-state index contributed by atoms with van der Waals surface area (Å²) in [4.78, 5) is 31.6. The summed E-state index contributed by atoms with van der Waals surface area (Å²) < 4.78 is 0. The molecule has 112 valence electrons. The second-order valence-corrected chi connectivity index (χ2v) is 6.12. The number of nitrogens with zero attached hydrogens (tertiary/aromatic N) is 1. The Morgan fingerprint density at radius 1 is 1.32 bits per heavy atom. The maximum absolute atomic E-state index is 11.8. The average molecular weight is 313 g/mol. The molecule has 0 radical (unpaired) electrons. The van der Waals surface area contributed by atoms with Crippen molar-refractivity contribution in [2.75, 3.05) is 5.32 Å². The summed E-state index contributed by atoms with van der Waals surface area (Å²) >= 11 is 1.40. The Morgan fingerprint density at radius 2 is 2.18 bits per heavy atom. The minimum atomic E-state index is 0.0123. The molecule has 6 heteroatoms. The van der Waals surface area contributed by atoms with Crippen LogP contribution >= 0.6 is 11.3 Å². The molecule has 3 rings (SSSR count). The highest BCUT2D eigenvalue weighted by molar-refractivity contribution is 7.17.